The highest BCUT2D eigenvalue weighted by molar-refractivity contribution is 5.78. The molecule has 2 aromatic rings. The lowest BCUT2D eigenvalue weighted by molar-refractivity contribution is -0.120. The number of hydrazone groups is 1. The predicted molar refractivity (Wildman–Crippen MR) is 80.6 cm³/mol. The summed E-state index contributed by atoms with van der Waals surface area (Å²) < 4.78 is 0. The maximum absolute atomic E-state index is 11.6. The Morgan fingerprint density at radius 2 is 2.05 bits per heavy atom. The van der Waals surface area contributed by atoms with Gasteiger partial charge in [0.05, 0.1) is 6.42 Å². The topological polar surface area (TPSA) is 120 Å². The molecule has 2 rings (SSSR count). The SMILES string of the molecule is O=C(Cc1n[nH]c(=O)[nH]c1=O)NN=CCCc1ccccc1. The number of hydrogen-bond donors (Lipinski definition) is 3. The van der Waals surface area contributed by atoms with Gasteiger partial charge in [0.15, 0.2) is 0 Å². The largest absolute Gasteiger partial charge is 0.342 e. The van der Waals surface area contributed by atoms with Gasteiger partial charge in [0.25, 0.3) is 5.56 Å². The summed E-state index contributed by atoms with van der Waals surface area (Å²) in [6.45, 7) is 0. The Hall–Kier alpha value is -3.03. The molecule has 0 spiro atoms. The minimum Gasteiger partial charge on any atom is -0.273 e. The molecular formula is C14H15N5O3. The van der Waals surface area contributed by atoms with Crippen molar-refractivity contribution in [2.45, 2.75) is 19.3 Å². The van der Waals surface area contributed by atoms with Crippen LogP contribution in [0, 0.1) is 0 Å². The van der Waals surface area contributed by atoms with Gasteiger partial charge < -0.3 is 0 Å². The number of nitrogens with zero attached hydrogens (tertiary/aromatic N) is 2. The van der Waals surface area contributed by atoms with E-state index < -0.39 is 17.2 Å². The molecule has 1 heterocycles. The van der Waals surface area contributed by atoms with E-state index in [4.69, 9.17) is 0 Å². The summed E-state index contributed by atoms with van der Waals surface area (Å²) >= 11 is 0. The Balaban J connectivity index is 1.76. The number of aromatic nitrogens is 3. The average molecular weight is 301 g/mol. The van der Waals surface area contributed by atoms with Crippen LogP contribution in [0.3, 0.4) is 0 Å². The van der Waals surface area contributed by atoms with Crippen molar-refractivity contribution in [3.05, 3.63) is 62.4 Å². The fourth-order valence-corrected chi connectivity index (χ4v) is 1.74. The predicted octanol–water partition coefficient (Wildman–Crippen LogP) is -0.264. The number of aromatic amines is 2. The fourth-order valence-electron chi connectivity index (χ4n) is 1.74. The lowest BCUT2D eigenvalue weighted by Crippen LogP contribution is -2.31. The van der Waals surface area contributed by atoms with E-state index in [0.29, 0.717) is 6.42 Å². The molecule has 22 heavy (non-hydrogen) atoms. The Morgan fingerprint density at radius 3 is 2.77 bits per heavy atom. The Labute approximate surface area is 125 Å². The number of H-pyrrole nitrogens is 2. The van der Waals surface area contributed by atoms with Crippen molar-refractivity contribution < 1.29 is 4.79 Å². The molecule has 8 heteroatoms. The molecule has 1 aromatic carbocycles. The minimum atomic E-state index is -0.715. The van der Waals surface area contributed by atoms with Gasteiger partial charge in [-0.15, -0.1) is 0 Å². The number of aryl methyl sites for hydroxylation is 1. The van der Waals surface area contributed by atoms with E-state index in [1.54, 1.807) is 6.21 Å². The highest BCUT2D eigenvalue weighted by Gasteiger charge is 2.08. The van der Waals surface area contributed by atoms with Crippen LogP contribution >= 0.6 is 0 Å². The van der Waals surface area contributed by atoms with E-state index in [1.807, 2.05) is 35.3 Å². The second kappa shape index (κ2) is 7.67. The number of rotatable bonds is 6. The third-order valence-electron chi connectivity index (χ3n) is 2.80. The molecule has 0 fully saturated rings. The first-order valence-electron chi connectivity index (χ1n) is 6.67. The molecule has 1 amide bonds. The quantitative estimate of drug-likeness (QED) is 0.502. The van der Waals surface area contributed by atoms with E-state index in [1.165, 1.54) is 5.56 Å². The van der Waals surface area contributed by atoms with Gasteiger partial charge in [0.1, 0.15) is 5.69 Å². The van der Waals surface area contributed by atoms with Crippen molar-refractivity contribution in [1.82, 2.24) is 20.6 Å². The summed E-state index contributed by atoms with van der Waals surface area (Å²) in [6, 6.07) is 9.90. The van der Waals surface area contributed by atoms with Crippen molar-refractivity contribution in [3.8, 4) is 0 Å². The third kappa shape index (κ3) is 4.82. The highest BCUT2D eigenvalue weighted by Crippen LogP contribution is 2.00. The fraction of sp³-hybridized carbons (Fsp3) is 0.214. The van der Waals surface area contributed by atoms with E-state index in [9.17, 15) is 14.4 Å². The van der Waals surface area contributed by atoms with E-state index in [-0.39, 0.29) is 12.1 Å². The maximum atomic E-state index is 11.6. The summed E-state index contributed by atoms with van der Waals surface area (Å²) in [5, 5.41) is 9.36. The van der Waals surface area contributed by atoms with Crippen molar-refractivity contribution in [1.29, 1.82) is 0 Å². The van der Waals surface area contributed by atoms with Crippen LogP contribution in [-0.2, 0) is 17.6 Å². The molecule has 0 atom stereocenters. The van der Waals surface area contributed by atoms with Gasteiger partial charge in [-0.05, 0) is 18.4 Å². The summed E-state index contributed by atoms with van der Waals surface area (Å²) in [5.41, 5.74) is 2.01. The van der Waals surface area contributed by atoms with Crippen molar-refractivity contribution in [2.75, 3.05) is 0 Å². The van der Waals surface area contributed by atoms with Crippen LogP contribution in [0.1, 0.15) is 17.7 Å². The van der Waals surface area contributed by atoms with Crippen LogP contribution in [0.2, 0.25) is 0 Å². The van der Waals surface area contributed by atoms with Gasteiger partial charge in [-0.2, -0.15) is 10.2 Å². The minimum absolute atomic E-state index is 0.0726. The van der Waals surface area contributed by atoms with Crippen LogP contribution in [0.15, 0.2) is 45.0 Å². The molecule has 1 aromatic heterocycles. The van der Waals surface area contributed by atoms with Crippen LogP contribution in [0.4, 0.5) is 0 Å². The Morgan fingerprint density at radius 1 is 1.27 bits per heavy atom. The van der Waals surface area contributed by atoms with Crippen molar-refractivity contribution in [3.63, 3.8) is 0 Å². The lowest BCUT2D eigenvalue weighted by Gasteiger charge is -1.99. The lowest BCUT2D eigenvalue weighted by atomic mass is 10.1. The molecule has 0 aliphatic carbocycles. The first-order chi connectivity index (χ1) is 10.6. The summed E-state index contributed by atoms with van der Waals surface area (Å²) in [7, 11) is 0. The second-order valence-corrected chi connectivity index (χ2v) is 4.50. The molecule has 114 valence electrons. The number of amides is 1. The molecule has 3 N–H and O–H groups in total. The summed E-state index contributed by atoms with van der Waals surface area (Å²) in [5.74, 6) is -0.485. The molecule has 0 unspecified atom stereocenters. The molecule has 0 bridgehead atoms. The smallest absolute Gasteiger partial charge is 0.273 e. The van der Waals surface area contributed by atoms with E-state index >= 15 is 0 Å². The highest BCUT2D eigenvalue weighted by atomic mass is 16.2. The Bertz CT molecular complexity index is 764. The van der Waals surface area contributed by atoms with Gasteiger partial charge in [0, 0.05) is 6.21 Å². The molecule has 8 nitrogen and oxygen atoms in total. The number of carbonyl (C=O) groups is 1. The van der Waals surface area contributed by atoms with Crippen molar-refractivity contribution in [2.24, 2.45) is 5.10 Å². The second-order valence-electron chi connectivity index (χ2n) is 4.50. The van der Waals surface area contributed by atoms with Gasteiger partial charge >= 0.3 is 5.69 Å². The van der Waals surface area contributed by atoms with Gasteiger partial charge in [-0.25, -0.2) is 15.3 Å². The molecule has 0 aliphatic rings. The van der Waals surface area contributed by atoms with Crippen LogP contribution < -0.4 is 16.7 Å². The van der Waals surface area contributed by atoms with Gasteiger partial charge in [0.2, 0.25) is 5.91 Å². The first kappa shape index (κ1) is 15.4. The number of nitrogens with one attached hydrogen (secondary N) is 3. The standard InChI is InChI=1S/C14H15N5O3/c20-12(9-11-13(21)16-14(22)19-17-11)18-15-8-4-7-10-5-2-1-3-6-10/h1-3,5-6,8H,4,7,9H2,(H,18,20)(H2,16,19,21,22). The zero-order valence-electron chi connectivity index (χ0n) is 11.7. The van der Waals surface area contributed by atoms with Crippen LogP contribution in [-0.4, -0.2) is 27.3 Å². The number of carbonyl (C=O) groups excluding carboxylic acids is 1. The zero-order valence-corrected chi connectivity index (χ0v) is 11.7. The molecule has 0 saturated heterocycles. The molecule has 0 saturated carbocycles. The van der Waals surface area contributed by atoms with Crippen LogP contribution in [0.25, 0.3) is 0 Å². The monoisotopic (exact) mass is 301 g/mol. The molecule has 0 aliphatic heterocycles. The van der Waals surface area contributed by atoms with Crippen LogP contribution in [0.5, 0.6) is 0 Å². The Kier molecular flexibility index (Phi) is 5.36. The van der Waals surface area contributed by atoms with E-state index in [2.05, 4.69) is 20.7 Å². The zero-order chi connectivity index (χ0) is 15.8. The van der Waals surface area contributed by atoms with Gasteiger partial charge in [-0.3, -0.25) is 14.6 Å². The average Bonchev–Trinajstić information content (AvgIpc) is 2.51. The molecular weight excluding hydrogens is 286 g/mol. The maximum Gasteiger partial charge on any atom is 0.342 e. The third-order valence-corrected chi connectivity index (χ3v) is 2.80. The van der Waals surface area contributed by atoms with E-state index in [0.717, 1.165) is 6.42 Å². The summed E-state index contributed by atoms with van der Waals surface area (Å²) in [4.78, 5) is 35.7. The van der Waals surface area contributed by atoms with Gasteiger partial charge in [-0.1, -0.05) is 30.3 Å². The molecule has 0 radical (unpaired) electrons. The number of benzene rings is 1. The number of hydrogen-bond acceptors (Lipinski definition) is 5. The normalized spacial score (nSPS) is 10.7. The summed E-state index contributed by atoms with van der Waals surface area (Å²) in [6.07, 6.45) is 2.83. The van der Waals surface area contributed by atoms with Crippen molar-refractivity contribution >= 4 is 12.1 Å². The first-order valence-corrected chi connectivity index (χ1v) is 6.67.